The van der Waals surface area contributed by atoms with E-state index in [2.05, 4.69) is 46.5 Å². The van der Waals surface area contributed by atoms with Gasteiger partial charge in [0.2, 0.25) is 5.91 Å². The average molecular weight is 410 g/mol. The van der Waals surface area contributed by atoms with Crippen LogP contribution in [0.15, 0.2) is 53.9 Å². The molecule has 0 aliphatic carbocycles. The molecule has 0 bridgehead atoms. The van der Waals surface area contributed by atoms with Crippen molar-refractivity contribution in [3.05, 3.63) is 54.4 Å². The molecule has 1 amide bonds. The van der Waals surface area contributed by atoms with E-state index in [-0.39, 0.29) is 17.2 Å². The molecule has 0 spiro atoms. The molecule has 2 heterocycles. The van der Waals surface area contributed by atoms with Gasteiger partial charge in [-0.3, -0.25) is 14.3 Å². The summed E-state index contributed by atoms with van der Waals surface area (Å²) in [5, 5.41) is 12.2. The lowest BCUT2D eigenvalue weighted by Gasteiger charge is -2.18. The molecule has 0 saturated carbocycles. The Morgan fingerprint density at radius 3 is 2.45 bits per heavy atom. The summed E-state index contributed by atoms with van der Waals surface area (Å²) in [6.07, 6.45) is 3.52. The Labute approximate surface area is 176 Å². The van der Waals surface area contributed by atoms with E-state index in [0.29, 0.717) is 16.9 Å². The van der Waals surface area contributed by atoms with Crippen LogP contribution in [-0.4, -0.2) is 36.9 Å². The van der Waals surface area contributed by atoms with Gasteiger partial charge in [0.1, 0.15) is 0 Å². The minimum atomic E-state index is -0.298. The number of aromatic nitrogens is 4. The van der Waals surface area contributed by atoms with Crippen LogP contribution in [0.25, 0.3) is 17.1 Å². The number of para-hydroxylation sites is 1. The molecule has 152 valence electrons. The van der Waals surface area contributed by atoms with Crippen molar-refractivity contribution < 1.29 is 4.79 Å². The van der Waals surface area contributed by atoms with Crippen molar-refractivity contribution in [2.45, 2.75) is 57.0 Å². The van der Waals surface area contributed by atoms with Gasteiger partial charge in [0.15, 0.2) is 11.0 Å². The van der Waals surface area contributed by atoms with Gasteiger partial charge in [0.25, 0.3) is 0 Å². The van der Waals surface area contributed by atoms with E-state index in [4.69, 9.17) is 0 Å². The second kappa shape index (κ2) is 9.22. The molecule has 6 nitrogen and oxygen atoms in total. The zero-order chi connectivity index (χ0) is 21.0. The van der Waals surface area contributed by atoms with Gasteiger partial charge in [-0.2, -0.15) is 0 Å². The zero-order valence-corrected chi connectivity index (χ0v) is 18.3. The first kappa shape index (κ1) is 21.0. The number of benzene rings is 1. The largest absolute Gasteiger partial charge is 0.353 e. The number of hydrogen-bond acceptors (Lipinski definition) is 5. The summed E-state index contributed by atoms with van der Waals surface area (Å²) in [4.78, 5) is 16.7. The lowest BCUT2D eigenvalue weighted by atomic mass is 10.0. The molecule has 3 aromatic rings. The second-order valence-corrected chi connectivity index (χ2v) is 8.83. The number of pyridine rings is 1. The molecule has 1 aromatic carbocycles. The topological polar surface area (TPSA) is 72.7 Å². The summed E-state index contributed by atoms with van der Waals surface area (Å²) in [5.41, 5.74) is 3.09. The van der Waals surface area contributed by atoms with Crippen LogP contribution in [0.2, 0.25) is 0 Å². The van der Waals surface area contributed by atoms with E-state index < -0.39 is 0 Å². The van der Waals surface area contributed by atoms with Crippen LogP contribution in [0.5, 0.6) is 0 Å². The Morgan fingerprint density at radius 2 is 1.79 bits per heavy atom. The van der Waals surface area contributed by atoms with Crippen molar-refractivity contribution in [2.24, 2.45) is 0 Å². The van der Waals surface area contributed by atoms with Crippen molar-refractivity contribution in [3.8, 4) is 17.1 Å². The minimum absolute atomic E-state index is 0.0142. The highest BCUT2D eigenvalue weighted by Crippen LogP contribution is 2.33. The van der Waals surface area contributed by atoms with Crippen LogP contribution in [0.3, 0.4) is 0 Å². The van der Waals surface area contributed by atoms with Crippen molar-refractivity contribution in [1.82, 2.24) is 25.1 Å². The lowest BCUT2D eigenvalue weighted by Crippen LogP contribution is -2.36. The SMILES string of the molecule is CC(C)NC(=O)C(C)Sc1nnc(-c2cccnc2)n1-c1ccccc1C(C)C. The van der Waals surface area contributed by atoms with Crippen molar-refractivity contribution in [1.29, 1.82) is 0 Å². The number of thioether (sulfide) groups is 1. The molecule has 0 aliphatic heterocycles. The Morgan fingerprint density at radius 1 is 1.03 bits per heavy atom. The molecule has 0 aliphatic rings. The summed E-state index contributed by atoms with van der Waals surface area (Å²) in [5.74, 6) is 1.03. The molecule has 3 rings (SSSR count). The molecule has 0 saturated heterocycles. The fourth-order valence-corrected chi connectivity index (χ4v) is 3.91. The Bertz CT molecular complexity index is 968. The molecule has 1 unspecified atom stereocenters. The number of nitrogens with zero attached hydrogens (tertiary/aromatic N) is 4. The Hall–Kier alpha value is -2.67. The molecular formula is C22H27N5OS. The normalized spacial score (nSPS) is 12.4. The standard InChI is InChI=1S/C22H27N5OS/c1-14(2)18-10-6-7-11-19(18)27-20(17-9-8-12-23-13-17)25-26-22(27)29-16(5)21(28)24-15(3)4/h6-16H,1-5H3,(H,24,28). The van der Waals surface area contributed by atoms with Gasteiger partial charge in [-0.25, -0.2) is 0 Å². The first-order chi connectivity index (χ1) is 13.9. The van der Waals surface area contributed by atoms with Crippen molar-refractivity contribution in [3.63, 3.8) is 0 Å². The number of rotatable bonds is 7. The predicted octanol–water partition coefficient (Wildman–Crippen LogP) is 4.46. The minimum Gasteiger partial charge on any atom is -0.353 e. The summed E-state index contributed by atoms with van der Waals surface area (Å²) >= 11 is 1.41. The summed E-state index contributed by atoms with van der Waals surface area (Å²) in [6, 6.07) is 12.2. The molecule has 2 aromatic heterocycles. The average Bonchev–Trinajstić information content (AvgIpc) is 3.11. The highest BCUT2D eigenvalue weighted by molar-refractivity contribution is 8.00. The van der Waals surface area contributed by atoms with E-state index in [1.54, 1.807) is 12.4 Å². The molecular weight excluding hydrogens is 382 g/mol. The monoisotopic (exact) mass is 409 g/mol. The number of carbonyl (C=O) groups is 1. The van der Waals surface area contributed by atoms with Gasteiger partial charge in [-0.1, -0.05) is 43.8 Å². The van der Waals surface area contributed by atoms with E-state index in [1.165, 1.54) is 17.3 Å². The smallest absolute Gasteiger partial charge is 0.233 e. The van der Waals surface area contributed by atoms with Gasteiger partial charge >= 0.3 is 0 Å². The molecule has 0 radical (unpaired) electrons. The zero-order valence-electron chi connectivity index (χ0n) is 17.5. The van der Waals surface area contributed by atoms with Crippen LogP contribution < -0.4 is 5.32 Å². The maximum atomic E-state index is 12.5. The maximum absolute atomic E-state index is 12.5. The highest BCUT2D eigenvalue weighted by Gasteiger charge is 2.23. The van der Waals surface area contributed by atoms with Gasteiger partial charge < -0.3 is 5.32 Å². The third-order valence-corrected chi connectivity index (χ3v) is 5.48. The molecule has 0 fully saturated rings. The molecule has 1 atom stereocenters. The molecule has 29 heavy (non-hydrogen) atoms. The van der Waals surface area contributed by atoms with E-state index in [9.17, 15) is 4.79 Å². The number of carbonyl (C=O) groups excluding carboxylic acids is 1. The summed E-state index contributed by atoms with van der Waals surface area (Å²) < 4.78 is 2.04. The van der Waals surface area contributed by atoms with Crippen LogP contribution in [0.4, 0.5) is 0 Å². The summed E-state index contributed by atoms with van der Waals surface area (Å²) in [6.45, 7) is 10.1. The predicted molar refractivity (Wildman–Crippen MR) is 117 cm³/mol. The fourth-order valence-electron chi connectivity index (χ4n) is 3.04. The van der Waals surface area contributed by atoms with E-state index >= 15 is 0 Å². The van der Waals surface area contributed by atoms with Crippen LogP contribution in [0, 0.1) is 0 Å². The van der Waals surface area contributed by atoms with Crippen molar-refractivity contribution >= 4 is 17.7 Å². The molecule has 7 heteroatoms. The number of amides is 1. The third-order valence-electron chi connectivity index (χ3n) is 4.44. The second-order valence-electron chi connectivity index (χ2n) is 7.52. The molecule has 1 N–H and O–H groups in total. The first-order valence-electron chi connectivity index (χ1n) is 9.80. The van der Waals surface area contributed by atoms with Gasteiger partial charge in [-0.15, -0.1) is 10.2 Å². The quantitative estimate of drug-likeness (QED) is 0.583. The van der Waals surface area contributed by atoms with Gasteiger partial charge in [0.05, 0.1) is 10.9 Å². The van der Waals surface area contributed by atoms with Gasteiger partial charge in [0, 0.05) is 24.0 Å². The third kappa shape index (κ3) is 4.85. The fraction of sp³-hybridized carbons (Fsp3) is 0.364. The summed E-state index contributed by atoms with van der Waals surface area (Å²) in [7, 11) is 0. The Balaban J connectivity index is 2.09. The van der Waals surface area contributed by atoms with Crippen molar-refractivity contribution in [2.75, 3.05) is 0 Å². The van der Waals surface area contributed by atoms with Crippen LogP contribution in [-0.2, 0) is 4.79 Å². The number of hydrogen-bond donors (Lipinski definition) is 1. The first-order valence-corrected chi connectivity index (χ1v) is 10.7. The maximum Gasteiger partial charge on any atom is 0.233 e. The van der Waals surface area contributed by atoms with E-state index in [1.807, 2.05) is 49.6 Å². The van der Waals surface area contributed by atoms with Crippen LogP contribution >= 0.6 is 11.8 Å². The van der Waals surface area contributed by atoms with Crippen LogP contribution in [0.1, 0.15) is 46.1 Å². The number of nitrogens with one attached hydrogen (secondary N) is 1. The Kier molecular flexibility index (Phi) is 6.69. The lowest BCUT2D eigenvalue weighted by molar-refractivity contribution is -0.120. The highest BCUT2D eigenvalue weighted by atomic mass is 32.2. The van der Waals surface area contributed by atoms with Gasteiger partial charge in [-0.05, 0) is 50.5 Å². The van der Waals surface area contributed by atoms with E-state index in [0.717, 1.165) is 11.3 Å².